The van der Waals surface area contributed by atoms with Crippen molar-refractivity contribution in [2.75, 3.05) is 50.2 Å². The monoisotopic (exact) mass is 443 g/mol. The molecule has 0 atom stereocenters. The molecule has 1 fully saturated rings. The number of nitrogen functional groups attached to an aromatic ring is 1. The fourth-order valence-electron chi connectivity index (χ4n) is 4.34. The zero-order valence-corrected chi connectivity index (χ0v) is 19.4. The van der Waals surface area contributed by atoms with Gasteiger partial charge in [0.05, 0.1) is 29.9 Å². The molecule has 0 radical (unpaired) electrons. The third kappa shape index (κ3) is 3.82. The SMILES string of the molecule is COc1cc(N2CC(N(C)C)C2)c(N)cc1Nc1nccc(-c2cn(C)c3ccccc23)n1. The lowest BCUT2D eigenvalue weighted by molar-refractivity contribution is 0.247. The molecule has 170 valence electrons. The van der Waals surface area contributed by atoms with Crippen LogP contribution in [0.3, 0.4) is 0 Å². The molecule has 4 aromatic rings. The normalized spacial score (nSPS) is 14.0. The molecule has 3 N–H and O–H groups in total. The topological polar surface area (TPSA) is 84.5 Å². The summed E-state index contributed by atoms with van der Waals surface area (Å²) in [6.45, 7) is 1.90. The molecule has 2 aromatic carbocycles. The van der Waals surface area contributed by atoms with E-state index in [9.17, 15) is 0 Å². The van der Waals surface area contributed by atoms with Gasteiger partial charge in [0.25, 0.3) is 0 Å². The van der Waals surface area contributed by atoms with Gasteiger partial charge in [0.2, 0.25) is 5.95 Å². The lowest BCUT2D eigenvalue weighted by Gasteiger charge is -2.44. The maximum Gasteiger partial charge on any atom is 0.227 e. The third-order valence-corrected chi connectivity index (χ3v) is 6.36. The van der Waals surface area contributed by atoms with E-state index in [0.29, 0.717) is 23.4 Å². The first-order valence-electron chi connectivity index (χ1n) is 11.0. The van der Waals surface area contributed by atoms with Crippen LogP contribution < -0.4 is 20.7 Å². The summed E-state index contributed by atoms with van der Waals surface area (Å²) in [5.74, 6) is 1.19. The quantitative estimate of drug-likeness (QED) is 0.439. The fraction of sp³-hybridized carbons (Fsp3) is 0.280. The maximum absolute atomic E-state index is 6.42. The molecule has 0 spiro atoms. The highest BCUT2D eigenvalue weighted by molar-refractivity contribution is 5.95. The van der Waals surface area contributed by atoms with E-state index in [2.05, 4.69) is 57.1 Å². The Balaban J connectivity index is 1.43. The Hall–Kier alpha value is -3.78. The van der Waals surface area contributed by atoms with Gasteiger partial charge in [0.15, 0.2) is 0 Å². The Morgan fingerprint density at radius 3 is 2.70 bits per heavy atom. The molecule has 1 aliphatic heterocycles. The molecule has 2 aromatic heterocycles. The lowest BCUT2D eigenvalue weighted by atomic mass is 10.1. The van der Waals surface area contributed by atoms with Crippen LogP contribution in [0.25, 0.3) is 22.2 Å². The number of hydrogen-bond donors (Lipinski definition) is 2. The van der Waals surface area contributed by atoms with Gasteiger partial charge in [0, 0.05) is 61.1 Å². The smallest absolute Gasteiger partial charge is 0.227 e. The van der Waals surface area contributed by atoms with Crippen LogP contribution in [-0.2, 0) is 7.05 Å². The van der Waals surface area contributed by atoms with E-state index in [0.717, 1.165) is 46.6 Å². The van der Waals surface area contributed by atoms with Crippen LogP contribution >= 0.6 is 0 Å². The molecule has 0 saturated carbocycles. The van der Waals surface area contributed by atoms with Crippen molar-refractivity contribution in [2.24, 2.45) is 7.05 Å². The van der Waals surface area contributed by atoms with Crippen LogP contribution in [0.2, 0.25) is 0 Å². The first kappa shape index (κ1) is 21.1. The van der Waals surface area contributed by atoms with Gasteiger partial charge in [0.1, 0.15) is 5.75 Å². The van der Waals surface area contributed by atoms with Crippen LogP contribution in [0.5, 0.6) is 5.75 Å². The molecule has 8 heteroatoms. The van der Waals surface area contributed by atoms with Crippen molar-refractivity contribution in [1.82, 2.24) is 19.4 Å². The number of para-hydroxylation sites is 1. The molecule has 8 nitrogen and oxygen atoms in total. The number of nitrogens with zero attached hydrogens (tertiary/aromatic N) is 5. The zero-order chi connectivity index (χ0) is 23.1. The minimum atomic E-state index is 0.488. The van der Waals surface area contributed by atoms with Gasteiger partial charge in [-0.05, 0) is 32.3 Å². The second kappa shape index (κ2) is 8.29. The number of nitrogens with one attached hydrogen (secondary N) is 1. The summed E-state index contributed by atoms with van der Waals surface area (Å²) in [6, 6.07) is 14.6. The number of hydrogen-bond acceptors (Lipinski definition) is 7. The molecule has 1 aliphatic rings. The van der Waals surface area contributed by atoms with Crippen LogP contribution in [-0.4, -0.2) is 59.8 Å². The van der Waals surface area contributed by atoms with Gasteiger partial charge in [-0.25, -0.2) is 9.97 Å². The highest BCUT2D eigenvalue weighted by Crippen LogP contribution is 2.38. The third-order valence-electron chi connectivity index (χ3n) is 6.36. The summed E-state index contributed by atoms with van der Waals surface area (Å²) in [4.78, 5) is 13.7. The van der Waals surface area contributed by atoms with Crippen molar-refractivity contribution in [3.05, 3.63) is 54.9 Å². The Morgan fingerprint density at radius 2 is 1.94 bits per heavy atom. The predicted octanol–water partition coefficient (Wildman–Crippen LogP) is 3.72. The largest absolute Gasteiger partial charge is 0.494 e. The molecule has 1 saturated heterocycles. The number of methoxy groups -OCH3 is 1. The molecule has 5 rings (SSSR count). The number of likely N-dealkylation sites (N-methyl/N-ethyl adjacent to an activating group) is 1. The number of nitrogens with two attached hydrogens (primary N) is 1. The number of rotatable bonds is 6. The standard InChI is InChI=1S/C25H29N7O/c1-30(2)16-13-32(14-16)23-12-24(33-4)21(11-19(23)26)29-25-27-10-9-20(28-25)18-15-31(3)22-8-6-5-7-17(18)22/h5-12,15-16H,13-14,26H2,1-4H3,(H,27,28,29). The fourth-order valence-corrected chi connectivity index (χ4v) is 4.34. The van der Waals surface area contributed by atoms with Crippen LogP contribution in [0.15, 0.2) is 54.9 Å². The van der Waals surface area contributed by atoms with Gasteiger partial charge in [-0.15, -0.1) is 0 Å². The summed E-state index contributed by atoms with van der Waals surface area (Å²) in [6.07, 6.45) is 3.86. The summed E-state index contributed by atoms with van der Waals surface area (Å²) >= 11 is 0. The van der Waals surface area contributed by atoms with Crippen molar-refractivity contribution < 1.29 is 4.74 Å². The Morgan fingerprint density at radius 1 is 1.15 bits per heavy atom. The molecular formula is C25H29N7O. The summed E-state index contributed by atoms with van der Waals surface area (Å²) in [7, 11) is 7.91. The van der Waals surface area contributed by atoms with Crippen molar-refractivity contribution in [3.8, 4) is 17.0 Å². The average Bonchev–Trinajstić information content (AvgIpc) is 3.11. The van der Waals surface area contributed by atoms with Crippen molar-refractivity contribution in [1.29, 1.82) is 0 Å². The van der Waals surface area contributed by atoms with E-state index in [1.54, 1.807) is 13.3 Å². The first-order valence-corrected chi connectivity index (χ1v) is 11.0. The number of aryl methyl sites for hydroxylation is 1. The Bertz CT molecular complexity index is 1310. The van der Waals surface area contributed by atoms with E-state index >= 15 is 0 Å². The molecule has 0 bridgehead atoms. The van der Waals surface area contributed by atoms with Gasteiger partial charge in [-0.1, -0.05) is 18.2 Å². The number of fused-ring (bicyclic) bond motifs is 1. The Labute approximate surface area is 193 Å². The van der Waals surface area contributed by atoms with E-state index in [-0.39, 0.29) is 0 Å². The van der Waals surface area contributed by atoms with Gasteiger partial charge in [-0.3, -0.25) is 0 Å². The predicted molar refractivity (Wildman–Crippen MR) is 134 cm³/mol. The highest BCUT2D eigenvalue weighted by Gasteiger charge is 2.30. The molecular weight excluding hydrogens is 414 g/mol. The van der Waals surface area contributed by atoms with E-state index in [4.69, 9.17) is 15.5 Å². The highest BCUT2D eigenvalue weighted by atomic mass is 16.5. The Kier molecular flexibility index (Phi) is 5.30. The van der Waals surface area contributed by atoms with E-state index in [1.165, 1.54) is 0 Å². The average molecular weight is 444 g/mol. The molecule has 33 heavy (non-hydrogen) atoms. The molecule has 0 aliphatic carbocycles. The van der Waals surface area contributed by atoms with Crippen molar-refractivity contribution in [3.63, 3.8) is 0 Å². The first-order chi connectivity index (χ1) is 15.9. The minimum absolute atomic E-state index is 0.488. The second-order valence-corrected chi connectivity index (χ2v) is 8.70. The second-order valence-electron chi connectivity index (χ2n) is 8.70. The maximum atomic E-state index is 6.42. The zero-order valence-electron chi connectivity index (χ0n) is 19.4. The summed E-state index contributed by atoms with van der Waals surface area (Å²) in [5.41, 5.74) is 11.9. The molecule has 0 unspecified atom stereocenters. The van der Waals surface area contributed by atoms with E-state index < -0.39 is 0 Å². The van der Waals surface area contributed by atoms with Gasteiger partial charge >= 0.3 is 0 Å². The van der Waals surface area contributed by atoms with Crippen LogP contribution in [0.1, 0.15) is 0 Å². The van der Waals surface area contributed by atoms with Crippen LogP contribution in [0.4, 0.5) is 23.0 Å². The van der Waals surface area contributed by atoms with Crippen LogP contribution in [0, 0.1) is 0 Å². The van der Waals surface area contributed by atoms with Crippen molar-refractivity contribution in [2.45, 2.75) is 6.04 Å². The molecule has 0 amide bonds. The number of benzene rings is 2. The van der Waals surface area contributed by atoms with Gasteiger partial charge < -0.3 is 30.2 Å². The number of anilines is 4. The molecule has 3 heterocycles. The van der Waals surface area contributed by atoms with E-state index in [1.807, 2.05) is 37.4 Å². The summed E-state index contributed by atoms with van der Waals surface area (Å²) < 4.78 is 7.78. The van der Waals surface area contributed by atoms with Gasteiger partial charge in [-0.2, -0.15) is 0 Å². The number of aromatic nitrogens is 3. The number of ether oxygens (including phenoxy) is 1. The minimum Gasteiger partial charge on any atom is -0.494 e. The lowest BCUT2D eigenvalue weighted by Crippen LogP contribution is -2.57. The summed E-state index contributed by atoms with van der Waals surface area (Å²) in [5, 5.41) is 4.45. The van der Waals surface area contributed by atoms with Crippen molar-refractivity contribution >= 4 is 33.9 Å².